The average molecular weight is 258 g/mol. The van der Waals surface area contributed by atoms with Crippen LogP contribution in [0.15, 0.2) is 41.5 Å². The SMILES string of the molecule is O=c1c2nnsc2ncn1CCc1ccccc1. The van der Waals surface area contributed by atoms with Crippen molar-refractivity contribution in [1.29, 1.82) is 0 Å². The monoisotopic (exact) mass is 258 g/mol. The van der Waals surface area contributed by atoms with Gasteiger partial charge in [0, 0.05) is 18.1 Å². The number of hydrogen-bond donors (Lipinski definition) is 0. The van der Waals surface area contributed by atoms with Crippen LogP contribution < -0.4 is 5.56 Å². The molecule has 0 saturated heterocycles. The van der Waals surface area contributed by atoms with E-state index < -0.39 is 0 Å². The summed E-state index contributed by atoms with van der Waals surface area (Å²) < 4.78 is 5.32. The number of benzene rings is 1. The van der Waals surface area contributed by atoms with Gasteiger partial charge in [-0.2, -0.15) is 0 Å². The van der Waals surface area contributed by atoms with Crippen LogP contribution in [-0.2, 0) is 13.0 Å². The molecule has 3 aromatic rings. The van der Waals surface area contributed by atoms with Crippen molar-refractivity contribution < 1.29 is 0 Å². The highest BCUT2D eigenvalue weighted by molar-refractivity contribution is 7.12. The zero-order valence-corrected chi connectivity index (χ0v) is 10.3. The van der Waals surface area contributed by atoms with E-state index in [9.17, 15) is 4.79 Å². The molecule has 0 bridgehead atoms. The average Bonchev–Trinajstić information content (AvgIpc) is 2.88. The van der Waals surface area contributed by atoms with Gasteiger partial charge in [0.1, 0.15) is 0 Å². The number of rotatable bonds is 3. The fourth-order valence-electron chi connectivity index (χ4n) is 1.77. The van der Waals surface area contributed by atoms with Crippen LogP contribution in [0.1, 0.15) is 5.56 Å². The predicted octanol–water partition coefficient (Wildman–Crippen LogP) is 1.49. The maximum atomic E-state index is 12.0. The second-order valence-corrected chi connectivity index (χ2v) is 4.64. The molecule has 0 saturated carbocycles. The summed E-state index contributed by atoms with van der Waals surface area (Å²) in [4.78, 5) is 16.8. The minimum absolute atomic E-state index is 0.121. The third-order valence-corrected chi connectivity index (χ3v) is 3.37. The Balaban J connectivity index is 1.87. The maximum absolute atomic E-state index is 12.0. The molecule has 18 heavy (non-hydrogen) atoms. The predicted molar refractivity (Wildman–Crippen MR) is 69.6 cm³/mol. The minimum atomic E-state index is -0.121. The topological polar surface area (TPSA) is 60.7 Å². The summed E-state index contributed by atoms with van der Waals surface area (Å²) in [5.41, 5.74) is 1.43. The van der Waals surface area contributed by atoms with Gasteiger partial charge in [0.05, 0.1) is 6.33 Å². The number of aromatic nitrogens is 4. The molecule has 0 amide bonds. The maximum Gasteiger partial charge on any atom is 0.282 e. The van der Waals surface area contributed by atoms with Crippen LogP contribution in [0.5, 0.6) is 0 Å². The summed E-state index contributed by atoms with van der Waals surface area (Å²) in [6, 6.07) is 10.0. The van der Waals surface area contributed by atoms with Gasteiger partial charge >= 0.3 is 0 Å². The first-order chi connectivity index (χ1) is 8.84. The van der Waals surface area contributed by atoms with Gasteiger partial charge in [-0.1, -0.05) is 34.8 Å². The summed E-state index contributed by atoms with van der Waals surface area (Å²) in [6.07, 6.45) is 2.36. The van der Waals surface area contributed by atoms with Crippen LogP contribution in [0.4, 0.5) is 0 Å². The first kappa shape index (κ1) is 11.0. The van der Waals surface area contributed by atoms with Gasteiger partial charge < -0.3 is 0 Å². The third kappa shape index (κ3) is 2.02. The van der Waals surface area contributed by atoms with Gasteiger partial charge in [-0.05, 0) is 12.0 Å². The van der Waals surface area contributed by atoms with Crippen molar-refractivity contribution in [3.63, 3.8) is 0 Å². The first-order valence-electron chi connectivity index (χ1n) is 5.56. The van der Waals surface area contributed by atoms with Gasteiger partial charge in [0.2, 0.25) is 0 Å². The summed E-state index contributed by atoms with van der Waals surface area (Å²) in [5, 5.41) is 3.81. The Hall–Kier alpha value is -2.08. The molecular formula is C12H10N4OS. The third-order valence-electron chi connectivity index (χ3n) is 2.73. The van der Waals surface area contributed by atoms with Crippen molar-refractivity contribution in [1.82, 2.24) is 19.1 Å². The molecule has 5 nitrogen and oxygen atoms in total. The summed E-state index contributed by atoms with van der Waals surface area (Å²) in [7, 11) is 0. The minimum Gasteiger partial charge on any atom is -0.297 e. The van der Waals surface area contributed by atoms with Crippen LogP contribution in [0.3, 0.4) is 0 Å². The number of aryl methyl sites for hydroxylation is 2. The lowest BCUT2D eigenvalue weighted by molar-refractivity contribution is 0.661. The Morgan fingerprint density at radius 2 is 2.06 bits per heavy atom. The second kappa shape index (κ2) is 4.66. The van der Waals surface area contributed by atoms with E-state index in [1.807, 2.05) is 30.3 Å². The van der Waals surface area contributed by atoms with E-state index in [0.717, 1.165) is 18.0 Å². The molecule has 3 rings (SSSR count). The van der Waals surface area contributed by atoms with Crippen LogP contribution in [0.2, 0.25) is 0 Å². The van der Waals surface area contributed by atoms with Gasteiger partial charge in [-0.15, -0.1) is 5.10 Å². The quantitative estimate of drug-likeness (QED) is 0.714. The molecule has 0 aliphatic heterocycles. The first-order valence-corrected chi connectivity index (χ1v) is 6.33. The van der Waals surface area contributed by atoms with Crippen LogP contribution >= 0.6 is 11.5 Å². The standard InChI is InChI=1S/C12H10N4OS/c17-12-10-11(18-15-14-10)13-8-16(12)7-6-9-4-2-1-3-5-9/h1-5,8H,6-7H2. The highest BCUT2D eigenvalue weighted by atomic mass is 32.1. The van der Waals surface area contributed by atoms with E-state index in [0.29, 0.717) is 16.9 Å². The van der Waals surface area contributed by atoms with Crippen molar-refractivity contribution in [3.05, 3.63) is 52.6 Å². The van der Waals surface area contributed by atoms with Gasteiger partial charge in [0.15, 0.2) is 10.3 Å². The van der Waals surface area contributed by atoms with E-state index in [1.165, 1.54) is 5.56 Å². The van der Waals surface area contributed by atoms with Gasteiger partial charge in [-0.3, -0.25) is 9.36 Å². The van der Waals surface area contributed by atoms with Crippen LogP contribution in [0, 0.1) is 0 Å². The fraction of sp³-hybridized carbons (Fsp3) is 0.167. The molecule has 0 unspecified atom stereocenters. The van der Waals surface area contributed by atoms with Gasteiger partial charge in [0.25, 0.3) is 5.56 Å². The largest absolute Gasteiger partial charge is 0.297 e. The van der Waals surface area contributed by atoms with Crippen molar-refractivity contribution in [2.24, 2.45) is 0 Å². The van der Waals surface area contributed by atoms with Crippen molar-refractivity contribution in [2.45, 2.75) is 13.0 Å². The Morgan fingerprint density at radius 1 is 1.22 bits per heavy atom. The van der Waals surface area contributed by atoms with Crippen molar-refractivity contribution in [2.75, 3.05) is 0 Å². The van der Waals surface area contributed by atoms with E-state index in [-0.39, 0.29) is 5.56 Å². The Labute approximate surface area is 107 Å². The molecule has 0 aliphatic rings. The smallest absolute Gasteiger partial charge is 0.282 e. The Bertz CT molecular complexity index is 720. The molecule has 0 radical (unpaired) electrons. The highest BCUT2D eigenvalue weighted by Crippen LogP contribution is 2.07. The highest BCUT2D eigenvalue weighted by Gasteiger charge is 2.07. The molecular weight excluding hydrogens is 248 g/mol. The lowest BCUT2D eigenvalue weighted by Gasteiger charge is -2.04. The van der Waals surface area contributed by atoms with E-state index >= 15 is 0 Å². The van der Waals surface area contributed by atoms with E-state index in [1.54, 1.807) is 10.9 Å². The number of fused-ring (bicyclic) bond motifs is 1. The van der Waals surface area contributed by atoms with Crippen molar-refractivity contribution in [3.8, 4) is 0 Å². The van der Waals surface area contributed by atoms with E-state index in [2.05, 4.69) is 14.6 Å². The molecule has 0 N–H and O–H groups in total. The molecule has 90 valence electrons. The second-order valence-electron chi connectivity index (χ2n) is 3.91. The summed E-state index contributed by atoms with van der Waals surface area (Å²) in [6.45, 7) is 0.601. The van der Waals surface area contributed by atoms with E-state index in [4.69, 9.17) is 0 Å². The lowest BCUT2D eigenvalue weighted by Crippen LogP contribution is -2.21. The normalized spacial score (nSPS) is 10.9. The zero-order valence-electron chi connectivity index (χ0n) is 9.48. The van der Waals surface area contributed by atoms with Crippen LogP contribution in [0.25, 0.3) is 10.3 Å². The number of hydrogen-bond acceptors (Lipinski definition) is 5. The van der Waals surface area contributed by atoms with Crippen LogP contribution in [-0.4, -0.2) is 19.1 Å². The van der Waals surface area contributed by atoms with Crippen molar-refractivity contribution >= 4 is 21.9 Å². The zero-order chi connectivity index (χ0) is 12.4. The summed E-state index contributed by atoms with van der Waals surface area (Å²) >= 11 is 1.14. The molecule has 2 heterocycles. The molecule has 0 atom stereocenters. The van der Waals surface area contributed by atoms with Gasteiger partial charge in [-0.25, -0.2) is 4.98 Å². The fourth-order valence-corrected chi connectivity index (χ4v) is 2.28. The molecule has 1 aromatic carbocycles. The Morgan fingerprint density at radius 3 is 2.89 bits per heavy atom. The molecule has 2 aromatic heterocycles. The number of nitrogens with zero attached hydrogens (tertiary/aromatic N) is 4. The Kier molecular flexibility index (Phi) is 2.85. The molecule has 0 spiro atoms. The lowest BCUT2D eigenvalue weighted by atomic mass is 10.1. The summed E-state index contributed by atoms with van der Waals surface area (Å²) in [5.74, 6) is 0. The molecule has 6 heteroatoms. The molecule has 0 aliphatic carbocycles. The molecule has 0 fully saturated rings.